The molecule has 6 heteroatoms. The van der Waals surface area contributed by atoms with E-state index in [4.69, 9.17) is 11.6 Å². The molecule has 1 N–H and O–H groups in total. The van der Waals surface area contributed by atoms with Crippen LogP contribution < -0.4 is 5.32 Å². The number of amides is 1. The van der Waals surface area contributed by atoms with Crippen LogP contribution in [-0.2, 0) is 11.3 Å². The molecule has 0 aliphatic carbocycles. The van der Waals surface area contributed by atoms with Gasteiger partial charge in [0, 0.05) is 16.4 Å². The van der Waals surface area contributed by atoms with Gasteiger partial charge in [-0.25, -0.2) is 0 Å². The zero-order valence-electron chi connectivity index (χ0n) is 13.0. The Morgan fingerprint density at radius 1 is 1.27 bits per heavy atom. The number of aryl methyl sites for hydroxylation is 2. The van der Waals surface area contributed by atoms with E-state index in [0.717, 1.165) is 5.56 Å². The Bertz CT molecular complexity index is 750. The number of ketones is 1. The lowest BCUT2D eigenvalue weighted by atomic mass is 10.1. The molecular formula is C16H18ClN3O2. The van der Waals surface area contributed by atoms with E-state index in [2.05, 4.69) is 10.4 Å². The van der Waals surface area contributed by atoms with Crippen molar-refractivity contribution in [3.63, 3.8) is 0 Å². The molecule has 116 valence electrons. The molecule has 0 saturated carbocycles. The van der Waals surface area contributed by atoms with Crippen molar-refractivity contribution in [3.05, 3.63) is 45.7 Å². The molecule has 2 aromatic rings. The van der Waals surface area contributed by atoms with Gasteiger partial charge in [0.25, 0.3) is 0 Å². The third-order valence-corrected chi connectivity index (χ3v) is 3.74. The van der Waals surface area contributed by atoms with Crippen molar-refractivity contribution in [1.29, 1.82) is 0 Å². The molecule has 0 fully saturated rings. The van der Waals surface area contributed by atoms with Crippen LogP contribution in [-0.4, -0.2) is 21.5 Å². The van der Waals surface area contributed by atoms with Gasteiger partial charge in [-0.05, 0) is 45.4 Å². The second-order valence-electron chi connectivity index (χ2n) is 5.27. The van der Waals surface area contributed by atoms with Crippen LogP contribution >= 0.6 is 11.6 Å². The highest BCUT2D eigenvalue weighted by Gasteiger charge is 2.17. The van der Waals surface area contributed by atoms with Crippen molar-refractivity contribution in [1.82, 2.24) is 9.78 Å². The zero-order chi connectivity index (χ0) is 16.4. The first-order chi connectivity index (χ1) is 10.3. The summed E-state index contributed by atoms with van der Waals surface area (Å²) in [6.45, 7) is 6.99. The normalized spacial score (nSPS) is 10.6. The van der Waals surface area contributed by atoms with E-state index in [1.807, 2.05) is 13.0 Å². The number of Topliss-reactive ketones (excluding diaryl/α,β-unsaturated/α-hetero) is 1. The second kappa shape index (κ2) is 6.32. The van der Waals surface area contributed by atoms with Gasteiger partial charge in [-0.2, -0.15) is 5.10 Å². The smallest absolute Gasteiger partial charge is 0.246 e. The minimum atomic E-state index is -0.217. The molecule has 1 amide bonds. The van der Waals surface area contributed by atoms with Crippen molar-refractivity contribution in [2.24, 2.45) is 0 Å². The van der Waals surface area contributed by atoms with Crippen molar-refractivity contribution in [2.45, 2.75) is 34.2 Å². The first-order valence-corrected chi connectivity index (χ1v) is 7.28. The van der Waals surface area contributed by atoms with Gasteiger partial charge in [-0.15, -0.1) is 0 Å². The number of carbonyl (C=O) groups is 2. The Kier molecular flexibility index (Phi) is 4.66. The van der Waals surface area contributed by atoms with Crippen LogP contribution in [0.1, 0.15) is 34.2 Å². The summed E-state index contributed by atoms with van der Waals surface area (Å²) in [6.07, 6.45) is 0. The standard InChI is InChI=1S/C16H18ClN3O2/c1-9-5-6-13(17)7-14(9)18-15(22)8-20-11(3)16(12(4)21)10(2)19-20/h5-7H,8H2,1-4H3,(H,18,22). The largest absolute Gasteiger partial charge is 0.324 e. The van der Waals surface area contributed by atoms with Crippen LogP contribution in [0.5, 0.6) is 0 Å². The first-order valence-electron chi connectivity index (χ1n) is 6.90. The van der Waals surface area contributed by atoms with Gasteiger partial charge in [0.2, 0.25) is 5.91 Å². The Morgan fingerprint density at radius 3 is 2.55 bits per heavy atom. The maximum absolute atomic E-state index is 12.2. The summed E-state index contributed by atoms with van der Waals surface area (Å²) in [4.78, 5) is 23.8. The van der Waals surface area contributed by atoms with Gasteiger partial charge in [-0.1, -0.05) is 17.7 Å². The van der Waals surface area contributed by atoms with Gasteiger partial charge in [0.1, 0.15) is 6.54 Å². The minimum absolute atomic E-state index is 0.0475. The van der Waals surface area contributed by atoms with E-state index < -0.39 is 0 Å². The summed E-state index contributed by atoms with van der Waals surface area (Å²) in [5.41, 5.74) is 3.51. The predicted octanol–water partition coefficient (Wildman–Crippen LogP) is 3.30. The number of hydrogen-bond donors (Lipinski definition) is 1. The summed E-state index contributed by atoms with van der Waals surface area (Å²) < 4.78 is 1.54. The number of carbonyl (C=O) groups excluding carboxylic acids is 2. The number of halogens is 1. The average Bonchev–Trinajstić information content (AvgIpc) is 2.68. The third-order valence-electron chi connectivity index (χ3n) is 3.50. The second-order valence-corrected chi connectivity index (χ2v) is 5.70. The van der Waals surface area contributed by atoms with Gasteiger partial charge in [-0.3, -0.25) is 14.3 Å². The van der Waals surface area contributed by atoms with E-state index in [1.54, 1.807) is 30.7 Å². The molecular weight excluding hydrogens is 302 g/mol. The maximum Gasteiger partial charge on any atom is 0.246 e. The van der Waals surface area contributed by atoms with E-state index >= 15 is 0 Å². The summed E-state index contributed by atoms with van der Waals surface area (Å²) in [5.74, 6) is -0.265. The van der Waals surface area contributed by atoms with Crippen molar-refractivity contribution < 1.29 is 9.59 Å². The lowest BCUT2D eigenvalue weighted by Crippen LogP contribution is -2.21. The van der Waals surface area contributed by atoms with E-state index in [-0.39, 0.29) is 18.2 Å². The zero-order valence-corrected chi connectivity index (χ0v) is 13.8. The third kappa shape index (κ3) is 3.36. The molecule has 0 saturated heterocycles. The number of hydrogen-bond acceptors (Lipinski definition) is 3. The quantitative estimate of drug-likeness (QED) is 0.879. The molecule has 1 aromatic heterocycles. The molecule has 5 nitrogen and oxygen atoms in total. The fraction of sp³-hybridized carbons (Fsp3) is 0.312. The number of rotatable bonds is 4. The Balaban J connectivity index is 2.18. The molecule has 0 atom stereocenters. The van der Waals surface area contributed by atoms with E-state index in [9.17, 15) is 9.59 Å². The SMILES string of the molecule is CC(=O)c1c(C)nn(CC(=O)Nc2cc(Cl)ccc2C)c1C. The molecule has 0 bridgehead atoms. The van der Waals surface area contributed by atoms with Crippen LogP contribution in [0.15, 0.2) is 18.2 Å². The molecule has 1 heterocycles. The molecule has 0 aliphatic heterocycles. The summed E-state index contributed by atoms with van der Waals surface area (Å²) in [7, 11) is 0. The van der Waals surface area contributed by atoms with Crippen molar-refractivity contribution >= 4 is 29.0 Å². The Labute approximate surface area is 134 Å². The van der Waals surface area contributed by atoms with Crippen LogP contribution in [0.2, 0.25) is 5.02 Å². The Morgan fingerprint density at radius 2 is 1.95 bits per heavy atom. The molecule has 2 rings (SSSR count). The predicted molar refractivity (Wildman–Crippen MR) is 86.5 cm³/mol. The van der Waals surface area contributed by atoms with Gasteiger partial charge in [0.15, 0.2) is 5.78 Å². The van der Waals surface area contributed by atoms with Crippen molar-refractivity contribution in [3.8, 4) is 0 Å². The number of nitrogens with zero attached hydrogens (tertiary/aromatic N) is 2. The highest BCUT2D eigenvalue weighted by molar-refractivity contribution is 6.31. The number of nitrogens with one attached hydrogen (secondary N) is 1. The molecule has 0 radical (unpaired) electrons. The van der Waals surface area contributed by atoms with Gasteiger partial charge >= 0.3 is 0 Å². The molecule has 0 unspecified atom stereocenters. The lowest BCUT2D eigenvalue weighted by molar-refractivity contribution is -0.116. The monoisotopic (exact) mass is 319 g/mol. The average molecular weight is 320 g/mol. The van der Waals surface area contributed by atoms with Gasteiger partial charge in [0.05, 0.1) is 11.3 Å². The van der Waals surface area contributed by atoms with Crippen LogP contribution in [0.4, 0.5) is 5.69 Å². The highest BCUT2D eigenvalue weighted by atomic mass is 35.5. The number of benzene rings is 1. The fourth-order valence-corrected chi connectivity index (χ4v) is 2.59. The fourth-order valence-electron chi connectivity index (χ4n) is 2.42. The summed E-state index contributed by atoms with van der Waals surface area (Å²) in [6, 6.07) is 5.32. The van der Waals surface area contributed by atoms with E-state index in [0.29, 0.717) is 27.7 Å². The van der Waals surface area contributed by atoms with E-state index in [1.165, 1.54) is 6.92 Å². The Hall–Kier alpha value is -2.14. The summed E-state index contributed by atoms with van der Waals surface area (Å²) in [5, 5.41) is 7.64. The molecule has 22 heavy (non-hydrogen) atoms. The molecule has 1 aromatic carbocycles. The van der Waals surface area contributed by atoms with Gasteiger partial charge < -0.3 is 5.32 Å². The first kappa shape index (κ1) is 16.2. The molecule has 0 aliphatic rings. The van der Waals surface area contributed by atoms with Crippen LogP contribution in [0.25, 0.3) is 0 Å². The number of aromatic nitrogens is 2. The number of anilines is 1. The summed E-state index contributed by atoms with van der Waals surface area (Å²) >= 11 is 5.94. The van der Waals surface area contributed by atoms with Crippen molar-refractivity contribution in [2.75, 3.05) is 5.32 Å². The lowest BCUT2D eigenvalue weighted by Gasteiger charge is -2.10. The van der Waals surface area contributed by atoms with Crippen LogP contribution in [0, 0.1) is 20.8 Å². The highest BCUT2D eigenvalue weighted by Crippen LogP contribution is 2.20. The topological polar surface area (TPSA) is 64.0 Å². The maximum atomic E-state index is 12.2. The molecule has 0 spiro atoms. The minimum Gasteiger partial charge on any atom is -0.324 e. The van der Waals surface area contributed by atoms with Crippen LogP contribution in [0.3, 0.4) is 0 Å².